The van der Waals surface area contributed by atoms with Gasteiger partial charge in [-0.25, -0.2) is 10.4 Å². The molecule has 4 aromatic rings. The van der Waals surface area contributed by atoms with E-state index in [9.17, 15) is 9.59 Å². The van der Waals surface area contributed by atoms with E-state index in [2.05, 4.69) is 21.6 Å². The number of hydrogen-bond donors (Lipinski definition) is 1. The van der Waals surface area contributed by atoms with E-state index < -0.39 is 0 Å². The molecule has 2 heterocycles. The number of carbonyl (C=O) groups is 2. The van der Waals surface area contributed by atoms with Crippen molar-refractivity contribution in [2.24, 2.45) is 5.10 Å². The maximum atomic E-state index is 12.6. The van der Waals surface area contributed by atoms with Crippen molar-refractivity contribution in [3.8, 4) is 5.75 Å². The number of nitrogens with zero attached hydrogens (tertiary/aromatic N) is 3. The van der Waals surface area contributed by atoms with Gasteiger partial charge in [0.1, 0.15) is 5.75 Å². The lowest BCUT2D eigenvalue weighted by atomic mass is 10.1. The second-order valence-electron chi connectivity index (χ2n) is 8.97. The SMILES string of the molecule is C/C(=N\NC(=O)c1ccc(CSc2nc3ccccc3s2)cc1)c1ccc(OCC(=O)N2CCCC2)cc1. The highest BCUT2D eigenvalue weighted by molar-refractivity contribution is 8.00. The van der Waals surface area contributed by atoms with Crippen molar-refractivity contribution < 1.29 is 14.3 Å². The van der Waals surface area contributed by atoms with E-state index in [1.165, 1.54) is 4.70 Å². The highest BCUT2D eigenvalue weighted by Crippen LogP contribution is 2.31. The Morgan fingerprint density at radius 3 is 2.45 bits per heavy atom. The minimum Gasteiger partial charge on any atom is -0.484 e. The molecule has 9 heteroatoms. The average molecular weight is 545 g/mol. The molecule has 0 atom stereocenters. The maximum absolute atomic E-state index is 12.6. The van der Waals surface area contributed by atoms with Gasteiger partial charge < -0.3 is 9.64 Å². The summed E-state index contributed by atoms with van der Waals surface area (Å²) >= 11 is 3.39. The second kappa shape index (κ2) is 12.2. The Morgan fingerprint density at radius 1 is 1.00 bits per heavy atom. The molecule has 1 N–H and O–H groups in total. The smallest absolute Gasteiger partial charge is 0.271 e. The van der Waals surface area contributed by atoms with Crippen molar-refractivity contribution in [2.45, 2.75) is 29.9 Å². The summed E-state index contributed by atoms with van der Waals surface area (Å²) in [6, 6.07) is 23.0. The van der Waals surface area contributed by atoms with Crippen LogP contribution in [0.4, 0.5) is 0 Å². The first kappa shape index (κ1) is 25.9. The first-order valence-electron chi connectivity index (χ1n) is 12.5. The molecule has 2 amide bonds. The number of rotatable bonds is 9. The highest BCUT2D eigenvalue weighted by atomic mass is 32.2. The van der Waals surface area contributed by atoms with E-state index in [0.29, 0.717) is 17.0 Å². The first-order chi connectivity index (χ1) is 18.5. The lowest BCUT2D eigenvalue weighted by molar-refractivity contribution is -0.132. The molecule has 7 nitrogen and oxygen atoms in total. The zero-order valence-electron chi connectivity index (χ0n) is 21.1. The molecule has 3 aromatic carbocycles. The van der Waals surface area contributed by atoms with Crippen LogP contribution in [0, 0.1) is 0 Å². The van der Waals surface area contributed by atoms with E-state index in [0.717, 1.165) is 52.7 Å². The number of hydrogen-bond acceptors (Lipinski definition) is 7. The number of amides is 2. The number of thiazole rings is 1. The summed E-state index contributed by atoms with van der Waals surface area (Å²) in [7, 11) is 0. The van der Waals surface area contributed by atoms with Crippen LogP contribution in [0.25, 0.3) is 10.2 Å². The third-order valence-electron chi connectivity index (χ3n) is 6.27. The van der Waals surface area contributed by atoms with Crippen LogP contribution in [-0.2, 0) is 10.5 Å². The number of aromatic nitrogens is 1. The largest absolute Gasteiger partial charge is 0.484 e. The van der Waals surface area contributed by atoms with Crippen LogP contribution in [0.1, 0.15) is 41.3 Å². The van der Waals surface area contributed by atoms with E-state index in [1.54, 1.807) is 35.2 Å². The Labute approximate surface area is 229 Å². The fourth-order valence-corrected chi connectivity index (χ4v) is 6.09. The summed E-state index contributed by atoms with van der Waals surface area (Å²) in [6.45, 7) is 3.50. The van der Waals surface area contributed by atoms with Crippen LogP contribution in [0.5, 0.6) is 5.75 Å². The number of benzene rings is 3. The predicted molar refractivity (Wildman–Crippen MR) is 153 cm³/mol. The molecule has 1 saturated heterocycles. The van der Waals surface area contributed by atoms with Crippen molar-refractivity contribution >= 4 is 50.8 Å². The molecule has 38 heavy (non-hydrogen) atoms. The van der Waals surface area contributed by atoms with Crippen molar-refractivity contribution in [2.75, 3.05) is 19.7 Å². The van der Waals surface area contributed by atoms with Gasteiger partial charge in [-0.1, -0.05) is 36.0 Å². The minimum atomic E-state index is -0.268. The maximum Gasteiger partial charge on any atom is 0.271 e. The Kier molecular flexibility index (Phi) is 8.35. The number of para-hydroxylation sites is 1. The summed E-state index contributed by atoms with van der Waals surface area (Å²) in [5.74, 6) is 1.16. The molecule has 0 saturated carbocycles. The minimum absolute atomic E-state index is 0.0204. The van der Waals surface area contributed by atoms with Gasteiger partial charge in [-0.3, -0.25) is 9.59 Å². The van der Waals surface area contributed by atoms with Gasteiger partial charge in [0, 0.05) is 24.4 Å². The molecule has 0 bridgehead atoms. The Bertz CT molecular complexity index is 1410. The van der Waals surface area contributed by atoms with E-state index in [1.807, 2.05) is 66.4 Å². The molecule has 1 aliphatic heterocycles. The molecule has 0 spiro atoms. The molecule has 1 fully saturated rings. The lowest BCUT2D eigenvalue weighted by Gasteiger charge is -2.15. The Hall–Kier alpha value is -3.69. The van der Waals surface area contributed by atoms with Gasteiger partial charge in [0.2, 0.25) is 0 Å². The van der Waals surface area contributed by atoms with Crippen LogP contribution in [0.15, 0.2) is 82.2 Å². The molecule has 0 unspecified atom stereocenters. The molecular formula is C29H28N4O3S2. The molecule has 5 rings (SSSR count). The molecular weight excluding hydrogens is 516 g/mol. The van der Waals surface area contributed by atoms with Gasteiger partial charge in [0.25, 0.3) is 11.8 Å². The summed E-state index contributed by atoms with van der Waals surface area (Å²) < 4.78 is 7.85. The van der Waals surface area contributed by atoms with Gasteiger partial charge in [0.05, 0.1) is 15.9 Å². The van der Waals surface area contributed by atoms with Crippen molar-refractivity contribution in [3.63, 3.8) is 0 Å². The second-order valence-corrected chi connectivity index (χ2v) is 11.2. The van der Waals surface area contributed by atoms with Gasteiger partial charge in [0.15, 0.2) is 10.9 Å². The number of carbonyl (C=O) groups excluding carboxylic acids is 2. The first-order valence-corrected chi connectivity index (χ1v) is 14.3. The Balaban J connectivity index is 1.10. The average Bonchev–Trinajstić information content (AvgIpc) is 3.64. The third-order valence-corrected chi connectivity index (χ3v) is 8.52. The van der Waals surface area contributed by atoms with Gasteiger partial charge in [-0.05, 0) is 79.4 Å². The van der Waals surface area contributed by atoms with Crippen LogP contribution >= 0.6 is 23.1 Å². The van der Waals surface area contributed by atoms with Crippen LogP contribution < -0.4 is 10.2 Å². The van der Waals surface area contributed by atoms with E-state index in [-0.39, 0.29) is 18.4 Å². The quantitative estimate of drug-likeness (QED) is 0.165. The number of thioether (sulfide) groups is 1. The van der Waals surface area contributed by atoms with E-state index >= 15 is 0 Å². The summed E-state index contributed by atoms with van der Waals surface area (Å²) in [5, 5.41) is 4.25. The molecule has 1 aromatic heterocycles. The molecule has 0 aliphatic carbocycles. The number of fused-ring (bicyclic) bond motifs is 1. The zero-order valence-corrected chi connectivity index (χ0v) is 22.7. The monoisotopic (exact) mass is 544 g/mol. The lowest BCUT2D eigenvalue weighted by Crippen LogP contribution is -2.32. The standard InChI is InChI=1S/C29H28N4O3S2/c1-20(22-12-14-24(15-13-22)36-18-27(34)33-16-4-5-17-33)31-32-28(35)23-10-8-21(9-11-23)19-37-29-30-25-6-2-3-7-26(25)38-29/h2-3,6-15H,4-5,16-19H2,1H3,(H,32,35)/b31-20+. The number of likely N-dealkylation sites (tertiary alicyclic amines) is 1. The van der Waals surface area contributed by atoms with Crippen molar-refractivity contribution in [1.29, 1.82) is 0 Å². The topological polar surface area (TPSA) is 83.9 Å². The zero-order chi connectivity index (χ0) is 26.3. The number of nitrogens with one attached hydrogen (secondary N) is 1. The van der Waals surface area contributed by atoms with Crippen molar-refractivity contribution in [1.82, 2.24) is 15.3 Å². The van der Waals surface area contributed by atoms with Crippen LogP contribution in [-0.4, -0.2) is 47.1 Å². The van der Waals surface area contributed by atoms with Gasteiger partial charge in [-0.2, -0.15) is 5.10 Å². The normalized spacial score (nSPS) is 13.6. The van der Waals surface area contributed by atoms with Crippen LogP contribution in [0.2, 0.25) is 0 Å². The summed E-state index contributed by atoms with van der Waals surface area (Å²) in [6.07, 6.45) is 2.12. The third kappa shape index (κ3) is 6.59. The molecule has 0 radical (unpaired) electrons. The van der Waals surface area contributed by atoms with Gasteiger partial charge >= 0.3 is 0 Å². The van der Waals surface area contributed by atoms with E-state index in [4.69, 9.17) is 4.74 Å². The number of ether oxygens (including phenoxy) is 1. The highest BCUT2D eigenvalue weighted by Gasteiger charge is 2.18. The van der Waals surface area contributed by atoms with Crippen LogP contribution in [0.3, 0.4) is 0 Å². The Morgan fingerprint density at radius 2 is 1.71 bits per heavy atom. The fourth-order valence-electron chi connectivity index (χ4n) is 4.07. The summed E-state index contributed by atoms with van der Waals surface area (Å²) in [4.78, 5) is 31.2. The number of hydrazone groups is 1. The predicted octanol–water partition coefficient (Wildman–Crippen LogP) is 5.74. The fraction of sp³-hybridized carbons (Fsp3) is 0.241. The summed E-state index contributed by atoms with van der Waals surface area (Å²) in [5.41, 5.74) is 6.84. The van der Waals surface area contributed by atoms with Gasteiger partial charge in [-0.15, -0.1) is 11.3 Å². The van der Waals surface area contributed by atoms with Crippen molar-refractivity contribution in [3.05, 3.63) is 89.5 Å². The molecule has 1 aliphatic rings. The molecule has 194 valence electrons.